The monoisotopic (exact) mass is 359 g/mol. The molecule has 5 heteroatoms. The first-order valence-corrected chi connectivity index (χ1v) is 10.1. The molecule has 0 unspecified atom stereocenters. The minimum atomic E-state index is -0.0423. The molecule has 1 amide bonds. The Balaban J connectivity index is 1.58. The van der Waals surface area contributed by atoms with Crippen LogP contribution in [0.15, 0.2) is 24.5 Å². The normalized spacial score (nSPS) is 29.8. The zero-order valence-corrected chi connectivity index (χ0v) is 16.1. The van der Waals surface area contributed by atoms with E-state index >= 15 is 0 Å². The summed E-state index contributed by atoms with van der Waals surface area (Å²) in [6, 6.07) is 3.56. The Morgan fingerprint density at radius 1 is 1.31 bits per heavy atom. The molecular formula is C21H33N3O2. The number of rotatable bonds is 5. The molecule has 144 valence electrons. The fourth-order valence-electron chi connectivity index (χ4n) is 4.36. The van der Waals surface area contributed by atoms with Crippen molar-refractivity contribution in [1.82, 2.24) is 9.88 Å². The van der Waals surface area contributed by atoms with Crippen LogP contribution < -0.4 is 5.73 Å². The van der Waals surface area contributed by atoms with Gasteiger partial charge in [-0.2, -0.15) is 0 Å². The largest absolute Gasteiger partial charge is 0.376 e. The minimum Gasteiger partial charge on any atom is -0.376 e. The Bertz CT molecular complexity index is 570. The molecule has 2 aliphatic rings. The highest BCUT2D eigenvalue weighted by molar-refractivity contribution is 5.94. The second-order valence-electron chi connectivity index (χ2n) is 8.23. The van der Waals surface area contributed by atoms with Crippen molar-refractivity contribution in [3.63, 3.8) is 0 Å². The summed E-state index contributed by atoms with van der Waals surface area (Å²) in [4.78, 5) is 18.9. The number of amides is 1. The molecule has 2 N–H and O–H groups in total. The third-order valence-corrected chi connectivity index (χ3v) is 6.16. The number of aromatic nitrogens is 1. The van der Waals surface area contributed by atoms with E-state index in [1.807, 2.05) is 11.0 Å². The molecule has 1 saturated carbocycles. The van der Waals surface area contributed by atoms with Crippen LogP contribution in [-0.2, 0) is 4.74 Å². The average molecular weight is 360 g/mol. The lowest BCUT2D eigenvalue weighted by atomic mass is 9.80. The molecule has 26 heavy (non-hydrogen) atoms. The molecular weight excluding hydrogens is 326 g/mol. The van der Waals surface area contributed by atoms with Crippen molar-refractivity contribution in [2.24, 2.45) is 17.6 Å². The number of hydrogen-bond acceptors (Lipinski definition) is 4. The van der Waals surface area contributed by atoms with E-state index in [0.29, 0.717) is 18.3 Å². The van der Waals surface area contributed by atoms with Crippen LogP contribution in [0.3, 0.4) is 0 Å². The number of pyridine rings is 1. The number of piperidine rings is 1. The number of likely N-dealkylation sites (tertiary alicyclic amines) is 1. The van der Waals surface area contributed by atoms with Gasteiger partial charge in [0.25, 0.3) is 5.91 Å². The van der Waals surface area contributed by atoms with Gasteiger partial charge in [0.2, 0.25) is 0 Å². The number of carbonyl (C=O) groups is 1. The van der Waals surface area contributed by atoms with Gasteiger partial charge in [-0.15, -0.1) is 0 Å². The topological polar surface area (TPSA) is 68.5 Å². The summed E-state index contributed by atoms with van der Waals surface area (Å²) in [6.45, 7) is 5.92. The Morgan fingerprint density at radius 2 is 2.08 bits per heavy atom. The van der Waals surface area contributed by atoms with Crippen molar-refractivity contribution in [3.8, 4) is 0 Å². The maximum absolute atomic E-state index is 12.9. The summed E-state index contributed by atoms with van der Waals surface area (Å²) >= 11 is 0. The SMILES string of the molecule is CC(C)[C@H]1CC[C@@H](OC[C@H]2[C@@H](N)CCCN2C(=O)c2cccnc2)CC1. The second-order valence-corrected chi connectivity index (χ2v) is 8.23. The molecule has 2 heterocycles. The summed E-state index contributed by atoms with van der Waals surface area (Å²) in [7, 11) is 0. The Morgan fingerprint density at radius 3 is 2.73 bits per heavy atom. The van der Waals surface area contributed by atoms with Gasteiger partial charge in [0.05, 0.1) is 24.3 Å². The summed E-state index contributed by atoms with van der Waals surface area (Å²) < 4.78 is 6.25. The van der Waals surface area contributed by atoms with Crippen molar-refractivity contribution >= 4 is 5.91 Å². The highest BCUT2D eigenvalue weighted by atomic mass is 16.5. The van der Waals surface area contributed by atoms with Crippen LogP contribution in [0.5, 0.6) is 0 Å². The third-order valence-electron chi connectivity index (χ3n) is 6.16. The van der Waals surface area contributed by atoms with Crippen molar-refractivity contribution in [3.05, 3.63) is 30.1 Å². The molecule has 3 rings (SSSR count). The average Bonchev–Trinajstić information content (AvgIpc) is 2.67. The zero-order valence-electron chi connectivity index (χ0n) is 16.1. The van der Waals surface area contributed by atoms with E-state index < -0.39 is 0 Å². The van der Waals surface area contributed by atoms with Gasteiger partial charge in [-0.05, 0) is 62.5 Å². The van der Waals surface area contributed by atoms with E-state index in [0.717, 1.165) is 44.1 Å². The lowest BCUT2D eigenvalue weighted by molar-refractivity contribution is -0.0268. The van der Waals surface area contributed by atoms with Crippen LogP contribution in [0.4, 0.5) is 0 Å². The highest BCUT2D eigenvalue weighted by Gasteiger charge is 2.34. The van der Waals surface area contributed by atoms with Gasteiger partial charge in [-0.1, -0.05) is 13.8 Å². The third kappa shape index (κ3) is 4.63. The predicted octanol–water partition coefficient (Wildman–Crippen LogP) is 3.24. The van der Waals surface area contributed by atoms with E-state index in [-0.39, 0.29) is 18.0 Å². The van der Waals surface area contributed by atoms with Crippen LogP contribution >= 0.6 is 0 Å². The van der Waals surface area contributed by atoms with Gasteiger partial charge in [0, 0.05) is 25.0 Å². The molecule has 1 aromatic heterocycles. The van der Waals surface area contributed by atoms with Gasteiger partial charge in [-0.3, -0.25) is 9.78 Å². The first-order valence-electron chi connectivity index (χ1n) is 10.1. The summed E-state index contributed by atoms with van der Waals surface area (Å²) in [6.07, 6.45) is 10.3. The molecule has 1 aromatic rings. The first kappa shape index (κ1) is 19.3. The number of hydrogen-bond donors (Lipinski definition) is 1. The fourth-order valence-corrected chi connectivity index (χ4v) is 4.36. The molecule has 2 fully saturated rings. The van der Waals surface area contributed by atoms with Crippen LogP contribution in [0.25, 0.3) is 0 Å². The van der Waals surface area contributed by atoms with E-state index in [4.69, 9.17) is 10.5 Å². The number of carbonyl (C=O) groups excluding carboxylic acids is 1. The van der Waals surface area contributed by atoms with E-state index in [1.54, 1.807) is 18.5 Å². The van der Waals surface area contributed by atoms with Crippen molar-refractivity contribution < 1.29 is 9.53 Å². The lowest BCUT2D eigenvalue weighted by Gasteiger charge is -2.41. The molecule has 0 aromatic carbocycles. The lowest BCUT2D eigenvalue weighted by Crippen LogP contribution is -2.56. The molecule has 0 bridgehead atoms. The summed E-state index contributed by atoms with van der Waals surface area (Å²) in [5, 5.41) is 0. The Labute approximate surface area is 157 Å². The van der Waals surface area contributed by atoms with E-state index in [1.165, 1.54) is 12.8 Å². The van der Waals surface area contributed by atoms with Gasteiger partial charge in [0.15, 0.2) is 0 Å². The van der Waals surface area contributed by atoms with Crippen LogP contribution in [0.2, 0.25) is 0 Å². The molecule has 5 nitrogen and oxygen atoms in total. The first-order chi connectivity index (χ1) is 12.6. The molecule has 1 saturated heterocycles. The summed E-state index contributed by atoms with van der Waals surface area (Å²) in [5.41, 5.74) is 7.00. The second kappa shape index (κ2) is 8.96. The van der Waals surface area contributed by atoms with Gasteiger partial charge in [0.1, 0.15) is 0 Å². The fraction of sp³-hybridized carbons (Fsp3) is 0.714. The molecule has 2 atom stereocenters. The Kier molecular flexibility index (Phi) is 6.65. The quantitative estimate of drug-likeness (QED) is 0.876. The van der Waals surface area contributed by atoms with Gasteiger partial charge >= 0.3 is 0 Å². The predicted molar refractivity (Wildman–Crippen MR) is 103 cm³/mol. The maximum atomic E-state index is 12.9. The molecule has 0 spiro atoms. The van der Waals surface area contributed by atoms with Crippen LogP contribution in [-0.4, -0.2) is 47.1 Å². The maximum Gasteiger partial charge on any atom is 0.255 e. The highest BCUT2D eigenvalue weighted by Crippen LogP contribution is 2.31. The zero-order chi connectivity index (χ0) is 18.5. The van der Waals surface area contributed by atoms with Gasteiger partial charge < -0.3 is 15.4 Å². The Hall–Kier alpha value is -1.46. The minimum absolute atomic E-state index is 0.0172. The smallest absolute Gasteiger partial charge is 0.255 e. The standard InChI is InChI=1S/C21H33N3O2/c1-15(2)16-7-9-18(10-8-16)26-14-20-19(22)6-4-12-24(20)21(25)17-5-3-11-23-13-17/h3,5,11,13,15-16,18-20H,4,6-10,12,14,22H2,1-2H3/t16-,18+,19-,20-/m0/s1. The van der Waals surface area contributed by atoms with Crippen LogP contribution in [0.1, 0.15) is 62.7 Å². The van der Waals surface area contributed by atoms with Crippen molar-refractivity contribution in [1.29, 1.82) is 0 Å². The van der Waals surface area contributed by atoms with E-state index in [9.17, 15) is 4.79 Å². The van der Waals surface area contributed by atoms with Crippen molar-refractivity contribution in [2.75, 3.05) is 13.2 Å². The van der Waals surface area contributed by atoms with Crippen molar-refractivity contribution in [2.45, 2.75) is 70.6 Å². The number of nitrogens with zero attached hydrogens (tertiary/aromatic N) is 2. The number of nitrogens with two attached hydrogens (primary N) is 1. The molecule has 1 aliphatic carbocycles. The molecule has 1 aliphatic heterocycles. The van der Waals surface area contributed by atoms with Crippen LogP contribution in [0, 0.1) is 11.8 Å². The van der Waals surface area contributed by atoms with Gasteiger partial charge in [-0.25, -0.2) is 0 Å². The summed E-state index contributed by atoms with van der Waals surface area (Å²) in [5.74, 6) is 1.61. The van der Waals surface area contributed by atoms with E-state index in [2.05, 4.69) is 18.8 Å². The molecule has 0 radical (unpaired) electrons. The number of ether oxygens (including phenoxy) is 1.